The molecule has 7 nitrogen and oxygen atoms in total. The van der Waals surface area contributed by atoms with E-state index in [9.17, 15) is 23.5 Å². The number of aliphatic hydroxyl groups excluding tert-OH is 1. The second-order valence-electron chi connectivity index (χ2n) is 8.13. The zero-order valence-corrected chi connectivity index (χ0v) is 18.9. The van der Waals surface area contributed by atoms with Gasteiger partial charge in [-0.05, 0) is 42.3 Å². The Kier molecular flexibility index (Phi) is 7.14. The van der Waals surface area contributed by atoms with Crippen LogP contribution in [-0.4, -0.2) is 33.2 Å². The number of aromatic nitrogens is 2. The molecule has 33 heavy (non-hydrogen) atoms. The lowest BCUT2D eigenvalue weighted by molar-refractivity contribution is -0.132. The minimum absolute atomic E-state index is 0.233. The zero-order valence-electron chi connectivity index (χ0n) is 18.1. The van der Waals surface area contributed by atoms with Crippen molar-refractivity contribution in [1.29, 1.82) is 0 Å². The Morgan fingerprint density at radius 2 is 1.76 bits per heavy atom. The van der Waals surface area contributed by atoms with E-state index in [1.54, 1.807) is 32.0 Å². The van der Waals surface area contributed by atoms with Crippen molar-refractivity contribution in [3.05, 3.63) is 82.0 Å². The van der Waals surface area contributed by atoms with Gasteiger partial charge in [0.05, 0.1) is 5.69 Å². The first-order valence-corrected chi connectivity index (χ1v) is 10.4. The SMILES string of the molecule is CC(NC(=O)C(O)c1cccc(Cl)c1)C(=O)Nc1cc(C(C)(C)c2cc(F)cc(F)c2)n[nH]1. The maximum Gasteiger partial charge on any atom is 0.254 e. The van der Waals surface area contributed by atoms with Crippen molar-refractivity contribution in [3.8, 4) is 0 Å². The minimum atomic E-state index is -1.50. The summed E-state index contributed by atoms with van der Waals surface area (Å²) in [6, 6.07) is 9.98. The molecule has 0 saturated heterocycles. The van der Waals surface area contributed by atoms with E-state index in [2.05, 4.69) is 20.8 Å². The van der Waals surface area contributed by atoms with Gasteiger partial charge in [0.1, 0.15) is 23.5 Å². The standard InChI is InChI=1S/C23H23ClF2N4O3/c1-12(27-22(33)20(31)13-5-4-6-15(24)7-13)21(32)28-19-11-18(29-30-19)23(2,3)14-8-16(25)10-17(26)9-14/h4-12,20,31H,1-3H3,(H,27,33)(H2,28,29,30,32). The topological polar surface area (TPSA) is 107 Å². The van der Waals surface area contributed by atoms with E-state index in [0.29, 0.717) is 21.8 Å². The van der Waals surface area contributed by atoms with Crippen molar-refractivity contribution in [3.63, 3.8) is 0 Å². The summed E-state index contributed by atoms with van der Waals surface area (Å²) < 4.78 is 27.3. The number of carbonyl (C=O) groups is 2. The van der Waals surface area contributed by atoms with Crippen LogP contribution in [0.3, 0.4) is 0 Å². The summed E-state index contributed by atoms with van der Waals surface area (Å²) in [6.45, 7) is 4.93. The number of rotatable bonds is 7. The first-order chi connectivity index (χ1) is 15.5. The number of aliphatic hydroxyl groups is 1. The van der Waals surface area contributed by atoms with Crippen molar-refractivity contribution in [2.24, 2.45) is 0 Å². The third-order valence-electron chi connectivity index (χ3n) is 5.23. The predicted molar refractivity (Wildman–Crippen MR) is 120 cm³/mol. The Hall–Kier alpha value is -3.30. The Morgan fingerprint density at radius 1 is 1.09 bits per heavy atom. The number of hydrogen-bond donors (Lipinski definition) is 4. The molecular formula is C23H23ClF2N4O3. The van der Waals surface area contributed by atoms with Crippen LogP contribution >= 0.6 is 11.6 Å². The summed E-state index contributed by atoms with van der Waals surface area (Å²) in [6.07, 6.45) is -1.50. The van der Waals surface area contributed by atoms with E-state index in [1.165, 1.54) is 31.2 Å². The number of H-pyrrole nitrogens is 1. The molecule has 1 aromatic heterocycles. The van der Waals surface area contributed by atoms with Crippen LogP contribution in [0.2, 0.25) is 5.02 Å². The Morgan fingerprint density at radius 3 is 2.39 bits per heavy atom. The molecule has 2 aromatic carbocycles. The lowest BCUT2D eigenvalue weighted by atomic mass is 9.81. The fourth-order valence-corrected chi connectivity index (χ4v) is 3.39. The number of halogens is 3. The quantitative estimate of drug-likeness (QED) is 0.415. The number of hydrogen-bond acceptors (Lipinski definition) is 4. The van der Waals surface area contributed by atoms with Crippen molar-refractivity contribution >= 4 is 29.2 Å². The van der Waals surface area contributed by atoms with Crippen LogP contribution in [0.25, 0.3) is 0 Å². The van der Waals surface area contributed by atoms with Gasteiger partial charge in [-0.3, -0.25) is 14.7 Å². The number of amides is 2. The summed E-state index contributed by atoms with van der Waals surface area (Å²) in [5, 5.41) is 22.4. The first kappa shape index (κ1) is 24.3. The van der Waals surface area contributed by atoms with Crippen LogP contribution in [0.1, 0.15) is 43.7 Å². The van der Waals surface area contributed by atoms with Crippen molar-refractivity contribution in [2.45, 2.75) is 38.3 Å². The van der Waals surface area contributed by atoms with Crippen LogP contribution in [0.4, 0.5) is 14.6 Å². The van der Waals surface area contributed by atoms with E-state index in [4.69, 9.17) is 11.6 Å². The number of carbonyl (C=O) groups excluding carboxylic acids is 2. The van der Waals surface area contributed by atoms with Gasteiger partial charge < -0.3 is 15.7 Å². The molecule has 0 aliphatic rings. The molecule has 0 fully saturated rings. The minimum Gasteiger partial charge on any atom is -0.378 e. The van der Waals surface area contributed by atoms with Crippen LogP contribution in [-0.2, 0) is 15.0 Å². The molecule has 0 radical (unpaired) electrons. The molecule has 0 aliphatic carbocycles. The van der Waals surface area contributed by atoms with Crippen LogP contribution in [0.5, 0.6) is 0 Å². The number of nitrogens with zero attached hydrogens (tertiary/aromatic N) is 1. The van der Waals surface area contributed by atoms with Gasteiger partial charge in [0, 0.05) is 22.6 Å². The monoisotopic (exact) mass is 476 g/mol. The molecule has 0 aliphatic heterocycles. The number of benzene rings is 2. The second-order valence-corrected chi connectivity index (χ2v) is 8.56. The van der Waals surface area contributed by atoms with Crippen molar-refractivity contribution in [1.82, 2.24) is 15.5 Å². The Bertz CT molecular complexity index is 1160. The Labute approximate surface area is 194 Å². The lowest BCUT2D eigenvalue weighted by Gasteiger charge is -2.23. The average molecular weight is 477 g/mol. The van der Waals surface area contributed by atoms with Gasteiger partial charge in [-0.25, -0.2) is 8.78 Å². The molecular weight excluding hydrogens is 454 g/mol. The molecule has 1 heterocycles. The number of anilines is 1. The number of nitrogens with one attached hydrogen (secondary N) is 3. The van der Waals surface area contributed by atoms with E-state index in [1.807, 2.05) is 0 Å². The third kappa shape index (κ3) is 5.74. The van der Waals surface area contributed by atoms with E-state index in [0.717, 1.165) is 6.07 Å². The molecule has 2 unspecified atom stereocenters. The summed E-state index contributed by atoms with van der Waals surface area (Å²) in [5.41, 5.74) is 0.251. The highest BCUT2D eigenvalue weighted by atomic mass is 35.5. The van der Waals surface area contributed by atoms with E-state index in [-0.39, 0.29) is 5.82 Å². The molecule has 0 bridgehead atoms. The summed E-state index contributed by atoms with van der Waals surface area (Å²) >= 11 is 5.88. The largest absolute Gasteiger partial charge is 0.378 e. The highest BCUT2D eigenvalue weighted by Gasteiger charge is 2.28. The predicted octanol–water partition coefficient (Wildman–Crippen LogP) is 3.84. The molecule has 10 heteroatoms. The van der Waals surface area contributed by atoms with Gasteiger partial charge in [-0.1, -0.05) is 37.6 Å². The smallest absolute Gasteiger partial charge is 0.254 e. The lowest BCUT2D eigenvalue weighted by Crippen LogP contribution is -2.43. The number of aromatic amines is 1. The van der Waals surface area contributed by atoms with Gasteiger partial charge in [-0.2, -0.15) is 5.10 Å². The summed E-state index contributed by atoms with van der Waals surface area (Å²) in [5.74, 6) is -2.50. The van der Waals surface area contributed by atoms with E-state index < -0.39 is 41.0 Å². The normalized spacial score (nSPS) is 13.3. The molecule has 3 aromatic rings. The van der Waals surface area contributed by atoms with Gasteiger partial charge in [0.25, 0.3) is 5.91 Å². The maximum atomic E-state index is 13.6. The second kappa shape index (κ2) is 9.68. The van der Waals surface area contributed by atoms with Crippen LogP contribution < -0.4 is 10.6 Å². The average Bonchev–Trinajstić information content (AvgIpc) is 3.21. The van der Waals surface area contributed by atoms with Gasteiger partial charge in [-0.15, -0.1) is 0 Å². The molecule has 0 spiro atoms. The van der Waals surface area contributed by atoms with Gasteiger partial charge in [0.2, 0.25) is 5.91 Å². The zero-order chi connectivity index (χ0) is 24.3. The van der Waals surface area contributed by atoms with Crippen LogP contribution in [0.15, 0.2) is 48.5 Å². The molecule has 2 amide bonds. The fraction of sp³-hybridized carbons (Fsp3) is 0.261. The first-order valence-electron chi connectivity index (χ1n) is 10.0. The van der Waals surface area contributed by atoms with Crippen LogP contribution in [0, 0.1) is 11.6 Å². The molecule has 0 saturated carbocycles. The summed E-state index contributed by atoms with van der Waals surface area (Å²) in [4.78, 5) is 24.8. The fourth-order valence-electron chi connectivity index (χ4n) is 3.20. The maximum absolute atomic E-state index is 13.6. The highest BCUT2D eigenvalue weighted by molar-refractivity contribution is 6.30. The third-order valence-corrected chi connectivity index (χ3v) is 5.46. The molecule has 4 N–H and O–H groups in total. The Balaban J connectivity index is 1.65. The molecule has 2 atom stereocenters. The van der Waals surface area contributed by atoms with Crippen molar-refractivity contribution in [2.75, 3.05) is 5.32 Å². The van der Waals surface area contributed by atoms with Gasteiger partial charge in [0.15, 0.2) is 6.10 Å². The molecule has 174 valence electrons. The van der Waals surface area contributed by atoms with Crippen molar-refractivity contribution < 1.29 is 23.5 Å². The summed E-state index contributed by atoms with van der Waals surface area (Å²) in [7, 11) is 0. The van der Waals surface area contributed by atoms with Gasteiger partial charge >= 0.3 is 0 Å². The molecule has 3 rings (SSSR count). The highest BCUT2D eigenvalue weighted by Crippen LogP contribution is 2.32. The van der Waals surface area contributed by atoms with E-state index >= 15 is 0 Å².